The van der Waals surface area contributed by atoms with Gasteiger partial charge in [-0.25, -0.2) is 0 Å². The van der Waals surface area contributed by atoms with Gasteiger partial charge in [-0.05, 0) is 36.1 Å². The number of halogens is 1. The molecular formula is C19H18BrNO3. The first-order valence-corrected chi connectivity index (χ1v) is 8.79. The third-order valence-electron chi connectivity index (χ3n) is 4.96. The number of Topliss-reactive ketones (excluding diaryl/α,β-unsaturated/α-hetero) is 1. The van der Waals surface area contributed by atoms with Crippen LogP contribution in [0.4, 0.5) is 0 Å². The lowest BCUT2D eigenvalue weighted by molar-refractivity contribution is -0.485. The molecule has 0 bridgehead atoms. The number of nitro groups is 1. The zero-order valence-electron chi connectivity index (χ0n) is 13.2. The Morgan fingerprint density at radius 1 is 1.12 bits per heavy atom. The normalized spacial score (nSPS) is 21.6. The van der Waals surface area contributed by atoms with Gasteiger partial charge in [-0.3, -0.25) is 14.9 Å². The first-order valence-electron chi connectivity index (χ1n) is 8.00. The quantitative estimate of drug-likeness (QED) is 0.560. The fraction of sp³-hybridized carbons (Fsp3) is 0.316. The predicted octanol–water partition coefficient (Wildman–Crippen LogP) is 4.50. The third-order valence-corrected chi connectivity index (χ3v) is 5.49. The molecule has 0 unspecified atom stereocenters. The van der Waals surface area contributed by atoms with E-state index >= 15 is 0 Å². The summed E-state index contributed by atoms with van der Waals surface area (Å²) in [7, 11) is 0. The molecule has 3 rings (SSSR count). The first kappa shape index (κ1) is 16.8. The molecular weight excluding hydrogens is 370 g/mol. The molecule has 1 saturated carbocycles. The minimum Gasteiger partial charge on any atom is -0.299 e. The van der Waals surface area contributed by atoms with Gasteiger partial charge >= 0.3 is 0 Å². The molecule has 2 aromatic carbocycles. The van der Waals surface area contributed by atoms with Crippen molar-refractivity contribution < 1.29 is 9.72 Å². The van der Waals surface area contributed by atoms with Crippen LogP contribution in [0.5, 0.6) is 0 Å². The number of rotatable bonds is 5. The van der Waals surface area contributed by atoms with Crippen LogP contribution in [-0.4, -0.2) is 17.3 Å². The highest BCUT2D eigenvalue weighted by atomic mass is 79.9. The van der Waals surface area contributed by atoms with Gasteiger partial charge in [-0.2, -0.15) is 0 Å². The van der Waals surface area contributed by atoms with E-state index in [1.54, 1.807) is 0 Å². The van der Waals surface area contributed by atoms with Gasteiger partial charge in [0.25, 0.3) is 0 Å². The van der Waals surface area contributed by atoms with Crippen LogP contribution in [0.1, 0.15) is 36.3 Å². The SMILES string of the molecule is O=C1CCC[C@@]1(c1ccccc1)[C@@H](C[N+](=O)[O-])c1ccc(Br)cc1. The van der Waals surface area contributed by atoms with E-state index < -0.39 is 11.3 Å². The summed E-state index contributed by atoms with van der Waals surface area (Å²) < 4.78 is 0.914. The highest BCUT2D eigenvalue weighted by Gasteiger charge is 2.51. The Balaban J connectivity index is 2.16. The van der Waals surface area contributed by atoms with Crippen LogP contribution in [0.15, 0.2) is 59.1 Å². The Hall–Kier alpha value is -2.01. The first-order chi connectivity index (χ1) is 11.5. The number of hydrogen-bond acceptors (Lipinski definition) is 3. The maximum atomic E-state index is 12.9. The van der Waals surface area contributed by atoms with E-state index in [-0.39, 0.29) is 17.3 Å². The summed E-state index contributed by atoms with van der Waals surface area (Å²) in [5, 5.41) is 11.4. The Morgan fingerprint density at radius 3 is 2.33 bits per heavy atom. The van der Waals surface area contributed by atoms with Crippen LogP contribution in [0.25, 0.3) is 0 Å². The molecule has 0 aliphatic heterocycles. The molecule has 124 valence electrons. The summed E-state index contributed by atoms with van der Waals surface area (Å²) in [5.41, 5.74) is 0.929. The molecule has 0 saturated heterocycles. The lowest BCUT2D eigenvalue weighted by Crippen LogP contribution is -2.41. The number of hydrogen-bond donors (Lipinski definition) is 0. The summed E-state index contributed by atoms with van der Waals surface area (Å²) in [6.45, 7) is -0.248. The molecule has 1 aliphatic carbocycles. The van der Waals surface area contributed by atoms with Crippen LogP contribution in [0, 0.1) is 10.1 Å². The van der Waals surface area contributed by atoms with E-state index in [2.05, 4.69) is 15.9 Å². The maximum absolute atomic E-state index is 12.9. The van der Waals surface area contributed by atoms with E-state index in [1.807, 2.05) is 54.6 Å². The van der Waals surface area contributed by atoms with Crippen molar-refractivity contribution in [1.82, 2.24) is 0 Å². The minimum atomic E-state index is -0.803. The van der Waals surface area contributed by atoms with Gasteiger partial charge in [0.2, 0.25) is 6.54 Å². The molecule has 0 amide bonds. The fourth-order valence-corrected chi connectivity index (χ4v) is 4.16. The van der Waals surface area contributed by atoms with Crippen LogP contribution >= 0.6 is 15.9 Å². The van der Waals surface area contributed by atoms with Crippen molar-refractivity contribution in [2.75, 3.05) is 6.54 Å². The van der Waals surface area contributed by atoms with Crippen molar-refractivity contribution in [2.45, 2.75) is 30.6 Å². The zero-order valence-corrected chi connectivity index (χ0v) is 14.7. The molecule has 5 heteroatoms. The Kier molecular flexibility index (Phi) is 4.81. The van der Waals surface area contributed by atoms with Crippen molar-refractivity contribution in [2.24, 2.45) is 0 Å². The summed E-state index contributed by atoms with van der Waals surface area (Å²) in [4.78, 5) is 24.0. The van der Waals surface area contributed by atoms with Crippen molar-refractivity contribution in [3.05, 3.63) is 80.3 Å². The van der Waals surface area contributed by atoms with E-state index in [9.17, 15) is 14.9 Å². The Labute approximate surface area is 149 Å². The van der Waals surface area contributed by atoms with Crippen molar-refractivity contribution in [3.63, 3.8) is 0 Å². The van der Waals surface area contributed by atoms with E-state index in [4.69, 9.17) is 0 Å². The second-order valence-corrected chi connectivity index (χ2v) is 7.15. The Bertz CT molecular complexity index is 745. The molecule has 2 atom stereocenters. The molecule has 4 nitrogen and oxygen atoms in total. The molecule has 0 spiro atoms. The monoisotopic (exact) mass is 387 g/mol. The fourth-order valence-electron chi connectivity index (χ4n) is 3.89. The molecule has 0 N–H and O–H groups in total. The van der Waals surface area contributed by atoms with Crippen LogP contribution in [0.2, 0.25) is 0 Å². The summed E-state index contributed by atoms with van der Waals surface area (Å²) >= 11 is 3.40. The predicted molar refractivity (Wildman–Crippen MR) is 95.7 cm³/mol. The van der Waals surface area contributed by atoms with Crippen molar-refractivity contribution in [1.29, 1.82) is 0 Å². The molecule has 0 radical (unpaired) electrons. The summed E-state index contributed by atoms with van der Waals surface area (Å²) in [6.07, 6.45) is 1.92. The van der Waals surface area contributed by atoms with Gasteiger partial charge in [-0.15, -0.1) is 0 Å². The average molecular weight is 388 g/mol. The third kappa shape index (κ3) is 3.00. The van der Waals surface area contributed by atoms with Crippen LogP contribution in [0.3, 0.4) is 0 Å². The maximum Gasteiger partial charge on any atom is 0.211 e. The van der Waals surface area contributed by atoms with Gasteiger partial charge in [0.05, 0.1) is 11.3 Å². The number of carbonyl (C=O) groups is 1. The molecule has 0 aromatic heterocycles. The Morgan fingerprint density at radius 2 is 1.79 bits per heavy atom. The van der Waals surface area contributed by atoms with E-state index in [1.165, 1.54) is 0 Å². The zero-order chi connectivity index (χ0) is 17.2. The van der Waals surface area contributed by atoms with E-state index in [0.29, 0.717) is 12.8 Å². The molecule has 0 heterocycles. The van der Waals surface area contributed by atoms with Crippen LogP contribution in [-0.2, 0) is 10.2 Å². The molecule has 1 aliphatic rings. The van der Waals surface area contributed by atoms with Gasteiger partial charge in [-0.1, -0.05) is 58.4 Å². The minimum absolute atomic E-state index is 0.114. The summed E-state index contributed by atoms with van der Waals surface area (Å²) in [6, 6.07) is 17.1. The highest BCUT2D eigenvalue weighted by Crippen LogP contribution is 2.48. The smallest absolute Gasteiger partial charge is 0.211 e. The van der Waals surface area contributed by atoms with Gasteiger partial charge in [0, 0.05) is 15.8 Å². The van der Waals surface area contributed by atoms with Crippen LogP contribution < -0.4 is 0 Å². The van der Waals surface area contributed by atoms with Gasteiger partial charge in [0.1, 0.15) is 5.78 Å². The average Bonchev–Trinajstić information content (AvgIpc) is 2.96. The number of carbonyl (C=O) groups excluding carboxylic acids is 1. The lowest BCUT2D eigenvalue weighted by atomic mass is 9.65. The number of ketones is 1. The topological polar surface area (TPSA) is 60.2 Å². The largest absolute Gasteiger partial charge is 0.299 e. The number of nitrogens with zero attached hydrogens (tertiary/aromatic N) is 1. The van der Waals surface area contributed by atoms with E-state index in [0.717, 1.165) is 22.0 Å². The molecule has 24 heavy (non-hydrogen) atoms. The van der Waals surface area contributed by atoms with Crippen molar-refractivity contribution >= 4 is 21.7 Å². The second kappa shape index (κ2) is 6.85. The standard InChI is InChI=1S/C19H18BrNO3/c20-16-10-8-14(9-11-16)17(13-21(23)24)19(12-4-7-18(19)22)15-5-2-1-3-6-15/h1-3,5-6,8-11,17H,4,7,12-13H2/t17-,19+/m0/s1. The van der Waals surface area contributed by atoms with Gasteiger partial charge < -0.3 is 0 Å². The van der Waals surface area contributed by atoms with Gasteiger partial charge in [0.15, 0.2) is 0 Å². The molecule has 1 fully saturated rings. The second-order valence-electron chi connectivity index (χ2n) is 6.23. The lowest BCUT2D eigenvalue weighted by Gasteiger charge is -2.35. The number of benzene rings is 2. The highest BCUT2D eigenvalue weighted by molar-refractivity contribution is 9.10. The van der Waals surface area contributed by atoms with Crippen molar-refractivity contribution in [3.8, 4) is 0 Å². The summed E-state index contributed by atoms with van der Waals surface area (Å²) in [5.74, 6) is -0.346. The molecule has 2 aromatic rings.